The molecule has 0 saturated carbocycles. The van der Waals surface area contributed by atoms with Crippen LogP contribution in [0.1, 0.15) is 12.0 Å². The van der Waals surface area contributed by atoms with Gasteiger partial charge in [-0.25, -0.2) is 10.4 Å². The Hall–Kier alpha value is -0.860. The number of hydrogen-bond donors (Lipinski definition) is 1. The summed E-state index contributed by atoms with van der Waals surface area (Å²) in [6.07, 6.45) is 2.99. The lowest BCUT2D eigenvalue weighted by Crippen LogP contribution is -1.96. The van der Waals surface area contributed by atoms with Crippen molar-refractivity contribution < 1.29 is 0 Å². The molecule has 1 aliphatic rings. The minimum Gasteiger partial charge on any atom is -0.235 e. The molecule has 2 rings (SSSR count). The standard InChI is InChI=1S/C10H14N2/c1-12-10(11-12)8-7-9-5-3-2-4-6-9/h2-6,10-11H,7-8H2,1H3. The van der Waals surface area contributed by atoms with Gasteiger partial charge in [0.05, 0.1) is 6.17 Å². The summed E-state index contributed by atoms with van der Waals surface area (Å²) in [5, 5.41) is 2.14. The van der Waals surface area contributed by atoms with Crippen LogP contribution in [0.25, 0.3) is 0 Å². The summed E-state index contributed by atoms with van der Waals surface area (Å²) in [4.78, 5) is 0. The van der Waals surface area contributed by atoms with Gasteiger partial charge in [0.25, 0.3) is 0 Å². The third kappa shape index (κ3) is 1.84. The molecule has 0 aliphatic carbocycles. The molecule has 2 atom stereocenters. The second kappa shape index (κ2) is 3.25. The van der Waals surface area contributed by atoms with Crippen molar-refractivity contribution in [1.29, 1.82) is 0 Å². The van der Waals surface area contributed by atoms with Crippen molar-refractivity contribution in [3.63, 3.8) is 0 Å². The molecule has 1 aromatic carbocycles. The smallest absolute Gasteiger partial charge is 0.0863 e. The first-order valence-corrected chi connectivity index (χ1v) is 4.39. The molecule has 0 radical (unpaired) electrons. The van der Waals surface area contributed by atoms with Crippen LogP contribution in [0.5, 0.6) is 0 Å². The molecule has 2 nitrogen and oxygen atoms in total. The molecule has 12 heavy (non-hydrogen) atoms. The fraction of sp³-hybridized carbons (Fsp3) is 0.400. The molecule has 2 unspecified atom stereocenters. The zero-order valence-electron chi connectivity index (χ0n) is 7.33. The molecule has 0 bridgehead atoms. The molecule has 64 valence electrons. The van der Waals surface area contributed by atoms with Gasteiger partial charge in [-0.3, -0.25) is 0 Å². The first-order chi connectivity index (χ1) is 5.86. The van der Waals surface area contributed by atoms with Gasteiger partial charge in [-0.15, -0.1) is 0 Å². The summed E-state index contributed by atoms with van der Waals surface area (Å²) in [7, 11) is 2.08. The molecule has 1 N–H and O–H groups in total. The fourth-order valence-electron chi connectivity index (χ4n) is 1.41. The van der Waals surface area contributed by atoms with Crippen LogP contribution in [-0.2, 0) is 6.42 Å². The maximum Gasteiger partial charge on any atom is 0.0863 e. The highest BCUT2D eigenvalue weighted by Gasteiger charge is 2.27. The first kappa shape index (κ1) is 7.77. The lowest BCUT2D eigenvalue weighted by molar-refractivity contribution is 0.569. The number of nitrogens with one attached hydrogen (secondary N) is 1. The summed E-state index contributed by atoms with van der Waals surface area (Å²) < 4.78 is 0. The lowest BCUT2D eigenvalue weighted by atomic mass is 10.1. The van der Waals surface area contributed by atoms with E-state index in [0.717, 1.165) is 0 Å². The third-order valence-corrected chi connectivity index (χ3v) is 2.30. The van der Waals surface area contributed by atoms with Crippen LogP contribution in [0.2, 0.25) is 0 Å². The van der Waals surface area contributed by atoms with E-state index in [-0.39, 0.29) is 0 Å². The van der Waals surface area contributed by atoms with E-state index in [9.17, 15) is 0 Å². The van der Waals surface area contributed by atoms with Crippen molar-refractivity contribution in [3.8, 4) is 0 Å². The largest absolute Gasteiger partial charge is 0.235 e. The Labute approximate surface area is 73.2 Å². The van der Waals surface area contributed by atoms with Gasteiger partial charge in [0, 0.05) is 7.05 Å². The first-order valence-electron chi connectivity index (χ1n) is 4.39. The summed E-state index contributed by atoms with van der Waals surface area (Å²) in [5.41, 5.74) is 4.67. The number of aryl methyl sites for hydroxylation is 1. The highest BCUT2D eigenvalue weighted by molar-refractivity contribution is 5.14. The van der Waals surface area contributed by atoms with E-state index in [4.69, 9.17) is 0 Å². The van der Waals surface area contributed by atoms with Gasteiger partial charge in [0.15, 0.2) is 0 Å². The van der Waals surface area contributed by atoms with Crippen molar-refractivity contribution in [1.82, 2.24) is 10.4 Å². The summed E-state index contributed by atoms with van der Waals surface area (Å²) in [6.45, 7) is 0. The number of rotatable bonds is 3. The molecule has 0 amide bonds. The zero-order valence-corrected chi connectivity index (χ0v) is 7.33. The Bertz CT molecular complexity index is 245. The van der Waals surface area contributed by atoms with Crippen LogP contribution < -0.4 is 5.43 Å². The number of hydrogen-bond acceptors (Lipinski definition) is 2. The average Bonchev–Trinajstić information content (AvgIpc) is 2.81. The predicted molar refractivity (Wildman–Crippen MR) is 49.4 cm³/mol. The fourth-order valence-corrected chi connectivity index (χ4v) is 1.41. The molecule has 1 aromatic rings. The van der Waals surface area contributed by atoms with Gasteiger partial charge >= 0.3 is 0 Å². The molecule has 0 aromatic heterocycles. The SMILES string of the molecule is CN1NC1CCc1ccccc1. The van der Waals surface area contributed by atoms with E-state index in [2.05, 4.69) is 47.8 Å². The van der Waals surface area contributed by atoms with Gasteiger partial charge in [0.2, 0.25) is 0 Å². The molecule has 2 heteroatoms. The van der Waals surface area contributed by atoms with Crippen LogP contribution >= 0.6 is 0 Å². The van der Waals surface area contributed by atoms with Crippen LogP contribution in [0.4, 0.5) is 0 Å². The van der Waals surface area contributed by atoms with Crippen molar-refractivity contribution >= 4 is 0 Å². The van der Waals surface area contributed by atoms with Gasteiger partial charge in [0.1, 0.15) is 0 Å². The summed E-state index contributed by atoms with van der Waals surface area (Å²) in [5.74, 6) is 0. The molecule has 1 heterocycles. The Balaban J connectivity index is 1.80. The topological polar surface area (TPSA) is 25.0 Å². The second-order valence-electron chi connectivity index (χ2n) is 3.28. The molecule has 0 spiro atoms. The minimum absolute atomic E-state index is 0.616. The molecular weight excluding hydrogens is 148 g/mol. The van der Waals surface area contributed by atoms with Crippen LogP contribution in [0.3, 0.4) is 0 Å². The minimum atomic E-state index is 0.616. The molecular formula is C10H14N2. The number of nitrogens with zero attached hydrogens (tertiary/aromatic N) is 1. The van der Waals surface area contributed by atoms with Crippen molar-refractivity contribution in [3.05, 3.63) is 35.9 Å². The zero-order chi connectivity index (χ0) is 8.39. The van der Waals surface area contributed by atoms with E-state index in [0.29, 0.717) is 6.17 Å². The van der Waals surface area contributed by atoms with E-state index in [1.165, 1.54) is 18.4 Å². The van der Waals surface area contributed by atoms with Gasteiger partial charge in [-0.1, -0.05) is 30.3 Å². The van der Waals surface area contributed by atoms with Crippen LogP contribution in [0, 0.1) is 0 Å². The van der Waals surface area contributed by atoms with Crippen molar-refractivity contribution in [2.24, 2.45) is 0 Å². The monoisotopic (exact) mass is 162 g/mol. The Morgan fingerprint density at radius 3 is 2.58 bits per heavy atom. The van der Waals surface area contributed by atoms with E-state index < -0.39 is 0 Å². The lowest BCUT2D eigenvalue weighted by Gasteiger charge is -1.97. The highest BCUT2D eigenvalue weighted by Crippen LogP contribution is 2.13. The molecule has 1 saturated heterocycles. The van der Waals surface area contributed by atoms with E-state index in [1.54, 1.807) is 0 Å². The summed E-state index contributed by atoms with van der Waals surface area (Å²) in [6, 6.07) is 10.6. The maximum atomic E-state index is 3.24. The summed E-state index contributed by atoms with van der Waals surface area (Å²) >= 11 is 0. The van der Waals surface area contributed by atoms with Gasteiger partial charge < -0.3 is 0 Å². The van der Waals surface area contributed by atoms with Gasteiger partial charge in [-0.05, 0) is 18.4 Å². The Morgan fingerprint density at radius 1 is 1.33 bits per heavy atom. The van der Waals surface area contributed by atoms with Crippen LogP contribution in [0.15, 0.2) is 30.3 Å². The Kier molecular flexibility index (Phi) is 2.11. The molecule has 1 fully saturated rings. The third-order valence-electron chi connectivity index (χ3n) is 2.30. The number of hydrazine groups is 1. The molecule has 1 aliphatic heterocycles. The van der Waals surface area contributed by atoms with E-state index >= 15 is 0 Å². The second-order valence-corrected chi connectivity index (χ2v) is 3.28. The maximum absolute atomic E-state index is 3.24. The van der Waals surface area contributed by atoms with Crippen molar-refractivity contribution in [2.75, 3.05) is 7.05 Å². The predicted octanol–water partition coefficient (Wildman–Crippen LogP) is 1.40. The van der Waals surface area contributed by atoms with Crippen molar-refractivity contribution in [2.45, 2.75) is 19.0 Å². The van der Waals surface area contributed by atoms with Crippen LogP contribution in [-0.4, -0.2) is 18.2 Å². The quantitative estimate of drug-likeness (QED) is 0.679. The highest BCUT2D eigenvalue weighted by atomic mass is 15.7. The normalized spacial score (nSPS) is 27.1. The average molecular weight is 162 g/mol. The number of benzene rings is 1. The van der Waals surface area contributed by atoms with E-state index in [1.807, 2.05) is 0 Å². The van der Waals surface area contributed by atoms with Gasteiger partial charge in [-0.2, -0.15) is 0 Å². The Morgan fingerprint density at radius 2 is 2.00 bits per heavy atom.